The predicted octanol–water partition coefficient (Wildman–Crippen LogP) is 0.611. The standard InChI is InChI=1S/C10H16N4O2/c11-5-1-2-6-13-8-3-4-10(14(15)16)9(12)7-8/h3-4,7,13H,1-2,5-6,11-12H2/p+1. The number of nitro groups is 1. The highest BCUT2D eigenvalue weighted by Crippen LogP contribution is 2.24. The zero-order valence-electron chi connectivity index (χ0n) is 9.11. The van der Waals surface area contributed by atoms with E-state index in [1.54, 1.807) is 12.1 Å². The van der Waals surface area contributed by atoms with Gasteiger partial charge in [-0.05, 0) is 25.0 Å². The molecule has 1 aromatic rings. The average molecular weight is 225 g/mol. The van der Waals surface area contributed by atoms with Gasteiger partial charge in [-0.1, -0.05) is 0 Å². The number of anilines is 2. The number of quaternary nitrogens is 1. The van der Waals surface area contributed by atoms with E-state index >= 15 is 0 Å². The molecular weight excluding hydrogens is 208 g/mol. The van der Waals surface area contributed by atoms with Crippen LogP contribution in [0.15, 0.2) is 18.2 Å². The van der Waals surface area contributed by atoms with Crippen LogP contribution in [0.4, 0.5) is 17.1 Å². The van der Waals surface area contributed by atoms with Crippen LogP contribution in [-0.4, -0.2) is 18.0 Å². The molecule has 0 unspecified atom stereocenters. The highest BCUT2D eigenvalue weighted by atomic mass is 16.6. The minimum atomic E-state index is -0.484. The van der Waals surface area contributed by atoms with Gasteiger partial charge in [-0.3, -0.25) is 10.1 Å². The molecule has 0 heterocycles. The van der Waals surface area contributed by atoms with Gasteiger partial charge in [0.2, 0.25) is 0 Å². The molecule has 0 fully saturated rings. The number of nitrogen functional groups attached to an aromatic ring is 1. The third-order valence-electron chi connectivity index (χ3n) is 2.23. The van der Waals surface area contributed by atoms with Crippen molar-refractivity contribution in [2.75, 3.05) is 24.1 Å². The first-order valence-electron chi connectivity index (χ1n) is 5.22. The van der Waals surface area contributed by atoms with Gasteiger partial charge >= 0.3 is 0 Å². The molecule has 16 heavy (non-hydrogen) atoms. The summed E-state index contributed by atoms with van der Waals surface area (Å²) in [4.78, 5) is 10.0. The smallest absolute Gasteiger partial charge is 0.292 e. The zero-order chi connectivity index (χ0) is 12.0. The van der Waals surface area contributed by atoms with E-state index in [0.717, 1.165) is 31.6 Å². The highest BCUT2D eigenvalue weighted by Gasteiger charge is 2.10. The van der Waals surface area contributed by atoms with Crippen LogP contribution in [0.1, 0.15) is 12.8 Å². The van der Waals surface area contributed by atoms with E-state index in [1.165, 1.54) is 6.07 Å². The molecule has 0 saturated heterocycles. The predicted molar refractivity (Wildman–Crippen MR) is 63.0 cm³/mol. The summed E-state index contributed by atoms with van der Waals surface area (Å²) in [7, 11) is 0. The Kier molecular flexibility index (Phi) is 4.53. The summed E-state index contributed by atoms with van der Waals surface area (Å²) in [6.45, 7) is 1.75. The molecule has 88 valence electrons. The van der Waals surface area contributed by atoms with Crippen LogP contribution < -0.4 is 16.8 Å². The van der Waals surface area contributed by atoms with Crippen molar-refractivity contribution in [3.8, 4) is 0 Å². The van der Waals surface area contributed by atoms with E-state index in [4.69, 9.17) is 5.73 Å². The Morgan fingerprint density at radius 1 is 1.44 bits per heavy atom. The van der Waals surface area contributed by atoms with Crippen molar-refractivity contribution in [2.24, 2.45) is 0 Å². The molecule has 0 saturated carbocycles. The number of hydrogen-bond acceptors (Lipinski definition) is 4. The van der Waals surface area contributed by atoms with Gasteiger partial charge in [0.05, 0.1) is 11.5 Å². The lowest BCUT2D eigenvalue weighted by Gasteiger charge is -2.06. The summed E-state index contributed by atoms with van der Waals surface area (Å²) in [6, 6.07) is 4.67. The fourth-order valence-corrected chi connectivity index (χ4v) is 1.37. The van der Waals surface area contributed by atoms with Crippen molar-refractivity contribution in [3.63, 3.8) is 0 Å². The van der Waals surface area contributed by atoms with Crippen LogP contribution in [0.2, 0.25) is 0 Å². The van der Waals surface area contributed by atoms with Crippen molar-refractivity contribution in [3.05, 3.63) is 28.3 Å². The normalized spacial score (nSPS) is 10.1. The molecular formula is C10H17N4O2+. The second-order valence-corrected chi connectivity index (χ2v) is 3.52. The van der Waals surface area contributed by atoms with Gasteiger partial charge in [0.25, 0.3) is 5.69 Å². The molecule has 0 aliphatic carbocycles. The third-order valence-corrected chi connectivity index (χ3v) is 2.23. The van der Waals surface area contributed by atoms with Crippen molar-refractivity contribution in [1.82, 2.24) is 0 Å². The number of nitrogens with two attached hydrogens (primary N) is 1. The monoisotopic (exact) mass is 225 g/mol. The average Bonchev–Trinajstić information content (AvgIpc) is 2.24. The largest absolute Gasteiger partial charge is 0.393 e. The molecule has 0 spiro atoms. The van der Waals surface area contributed by atoms with Gasteiger partial charge in [0.1, 0.15) is 5.69 Å². The van der Waals surface area contributed by atoms with Gasteiger partial charge in [0, 0.05) is 18.3 Å². The Labute approximate surface area is 93.8 Å². The van der Waals surface area contributed by atoms with Crippen molar-refractivity contribution in [2.45, 2.75) is 12.8 Å². The number of nitro benzene ring substituents is 1. The van der Waals surface area contributed by atoms with E-state index in [9.17, 15) is 10.1 Å². The number of unbranched alkanes of at least 4 members (excludes halogenated alkanes) is 1. The molecule has 6 N–H and O–H groups in total. The molecule has 0 atom stereocenters. The van der Waals surface area contributed by atoms with Crippen LogP contribution in [0.3, 0.4) is 0 Å². The summed E-state index contributed by atoms with van der Waals surface area (Å²) < 4.78 is 0. The maximum atomic E-state index is 10.5. The van der Waals surface area contributed by atoms with Crippen molar-refractivity contribution in [1.29, 1.82) is 0 Å². The summed E-state index contributed by atoms with van der Waals surface area (Å²) >= 11 is 0. The topological polar surface area (TPSA) is 109 Å². The molecule has 0 aliphatic rings. The van der Waals surface area contributed by atoms with Gasteiger partial charge in [-0.2, -0.15) is 0 Å². The number of nitrogens with zero attached hydrogens (tertiary/aromatic N) is 1. The summed E-state index contributed by atoms with van der Waals surface area (Å²) in [5.41, 5.74) is 10.3. The SMILES string of the molecule is Nc1cc(NCCCC[NH3+])ccc1[N+](=O)[O-]. The lowest BCUT2D eigenvalue weighted by molar-refractivity contribution is -0.383. The lowest BCUT2D eigenvalue weighted by atomic mass is 10.2. The van der Waals surface area contributed by atoms with Crippen molar-refractivity contribution >= 4 is 17.1 Å². The summed E-state index contributed by atoms with van der Waals surface area (Å²) in [5.74, 6) is 0. The number of benzene rings is 1. The first-order valence-corrected chi connectivity index (χ1v) is 5.22. The van der Waals surface area contributed by atoms with Gasteiger partial charge in [-0.25, -0.2) is 0 Å². The maximum absolute atomic E-state index is 10.5. The van der Waals surface area contributed by atoms with E-state index in [1.807, 2.05) is 0 Å². The third kappa shape index (κ3) is 3.39. The molecule has 0 radical (unpaired) electrons. The molecule has 1 rings (SSSR count). The van der Waals surface area contributed by atoms with Gasteiger partial charge in [-0.15, -0.1) is 0 Å². The quantitative estimate of drug-likeness (QED) is 0.285. The minimum absolute atomic E-state index is 0.0525. The molecule has 6 heteroatoms. The van der Waals surface area contributed by atoms with E-state index in [-0.39, 0.29) is 11.4 Å². The molecule has 1 aromatic carbocycles. The number of nitrogens with one attached hydrogen (secondary N) is 1. The number of rotatable bonds is 6. The van der Waals surface area contributed by atoms with Crippen LogP contribution in [-0.2, 0) is 0 Å². The molecule has 0 amide bonds. The molecule has 0 aromatic heterocycles. The first kappa shape index (κ1) is 12.3. The fraction of sp³-hybridized carbons (Fsp3) is 0.400. The Bertz CT molecular complexity index is 368. The second-order valence-electron chi connectivity index (χ2n) is 3.52. The van der Waals surface area contributed by atoms with Crippen LogP contribution >= 0.6 is 0 Å². The first-order chi connectivity index (χ1) is 7.65. The van der Waals surface area contributed by atoms with Crippen LogP contribution in [0.25, 0.3) is 0 Å². The van der Waals surface area contributed by atoms with Crippen LogP contribution in [0.5, 0.6) is 0 Å². The second kappa shape index (κ2) is 5.92. The van der Waals surface area contributed by atoms with E-state index in [0.29, 0.717) is 0 Å². The number of hydrogen-bond donors (Lipinski definition) is 3. The summed E-state index contributed by atoms with van der Waals surface area (Å²) in [6.07, 6.45) is 2.09. The Morgan fingerprint density at radius 2 is 2.19 bits per heavy atom. The van der Waals surface area contributed by atoms with E-state index in [2.05, 4.69) is 11.1 Å². The maximum Gasteiger partial charge on any atom is 0.292 e. The zero-order valence-corrected chi connectivity index (χ0v) is 9.11. The Hall–Kier alpha value is -1.82. The van der Waals surface area contributed by atoms with Gasteiger partial charge in [0.15, 0.2) is 0 Å². The fourth-order valence-electron chi connectivity index (χ4n) is 1.37. The van der Waals surface area contributed by atoms with E-state index < -0.39 is 4.92 Å². The summed E-state index contributed by atoms with van der Waals surface area (Å²) in [5, 5.41) is 13.7. The van der Waals surface area contributed by atoms with Crippen LogP contribution in [0, 0.1) is 10.1 Å². The Morgan fingerprint density at radius 3 is 2.75 bits per heavy atom. The lowest BCUT2D eigenvalue weighted by Crippen LogP contribution is -2.50. The molecule has 0 aliphatic heterocycles. The van der Waals surface area contributed by atoms with Gasteiger partial charge < -0.3 is 16.8 Å². The minimum Gasteiger partial charge on any atom is -0.393 e. The van der Waals surface area contributed by atoms with Crippen molar-refractivity contribution < 1.29 is 10.7 Å². The molecule has 6 nitrogen and oxygen atoms in total. The molecule has 0 bridgehead atoms. The Balaban J connectivity index is 2.56. The highest BCUT2D eigenvalue weighted by molar-refractivity contribution is 5.65.